The van der Waals surface area contributed by atoms with Crippen molar-refractivity contribution >= 4 is 20.8 Å². The minimum atomic E-state index is -4.91. The summed E-state index contributed by atoms with van der Waals surface area (Å²) in [7, 11) is -9.60. The SMILES string of the molecule is C=CCC(=C)C=C[C@@](C)(O)C1OC2CC3OC4CC5OC6CC7OC8CC9OC%10CC%11O[C@](C)(CCCOS(=O)(=O)O)[C@@H](OS(=O)(=O)O)CC%11OC%10CC9OC8CCC7(C)OC6(C)CCC(C)C5OC4[C@@H](O)C3(C)OC2CC1=C. The zero-order valence-corrected chi connectivity index (χ0v) is 48.0. The Morgan fingerprint density at radius 2 is 1.27 bits per heavy atom. The zero-order valence-electron chi connectivity index (χ0n) is 46.3. The minimum Gasteiger partial charge on any atom is -0.387 e. The summed E-state index contributed by atoms with van der Waals surface area (Å²) in [6, 6.07) is 0. The standard InChI is InChI=1S/C56H84O21S2/c1-10-12-29(2)13-17-52(5,58)51-31(4)21-40-39(72-51)27-47-56(9,75-40)50(57)49-43(71-47)25-42-48(73-49)30(3)14-18-54(7)45(70-42)28-44-55(8,77-54)19-15-32-33(69-44)22-35-34(66-32)23-36-37(67-35)24-41-38(68-36)26-46(76-79(62,63)64)53(6,74-41)16-11-20-65-78(59,60)61/h10,13,17,30,32-51,57-58H,1-2,4,11-12,14-16,18-28H2,3,5-9H3,(H,59,60,61)(H,62,63,64)/t30?,32?,33?,34?,35?,36?,37?,38?,39?,40?,41?,42?,43?,44?,45?,46-,47?,48?,49?,50+,51?,52+,53+,54?,55?,56?/m0/s1. The van der Waals surface area contributed by atoms with Gasteiger partial charge < -0.3 is 62.3 Å². The summed E-state index contributed by atoms with van der Waals surface area (Å²) in [5.74, 6) is 0.0693. The lowest BCUT2D eigenvalue weighted by Gasteiger charge is -2.61. The maximum atomic E-state index is 12.3. The van der Waals surface area contributed by atoms with Gasteiger partial charge in [-0.15, -0.1) is 6.58 Å². The molecule has 79 heavy (non-hydrogen) atoms. The lowest BCUT2D eigenvalue weighted by Crippen LogP contribution is -2.74. The lowest BCUT2D eigenvalue weighted by atomic mass is 9.73. The van der Waals surface area contributed by atoms with E-state index >= 15 is 0 Å². The molecule has 23 heteroatoms. The summed E-state index contributed by atoms with van der Waals surface area (Å²) in [5, 5.41) is 24.0. The van der Waals surface area contributed by atoms with Crippen LogP contribution < -0.4 is 0 Å². The molecule has 0 bridgehead atoms. The van der Waals surface area contributed by atoms with Gasteiger partial charge in [-0.1, -0.05) is 43.9 Å². The molecule has 4 N–H and O–H groups in total. The van der Waals surface area contributed by atoms with Crippen LogP contribution in [-0.2, 0) is 81.3 Å². The fourth-order valence-electron chi connectivity index (χ4n) is 15.5. The average molecular weight is 1160 g/mol. The van der Waals surface area contributed by atoms with Gasteiger partial charge in [0.15, 0.2) is 0 Å². The van der Waals surface area contributed by atoms with Gasteiger partial charge in [0.2, 0.25) is 0 Å². The molecule has 11 heterocycles. The van der Waals surface area contributed by atoms with E-state index in [2.05, 4.69) is 44.7 Å². The maximum Gasteiger partial charge on any atom is 0.397 e. The van der Waals surface area contributed by atoms with Crippen molar-refractivity contribution in [3.05, 3.63) is 49.1 Å². The Morgan fingerprint density at radius 3 is 1.92 bits per heavy atom. The first-order valence-electron chi connectivity index (χ1n) is 28.7. The summed E-state index contributed by atoms with van der Waals surface area (Å²) in [6.45, 7) is 23.5. The average Bonchev–Trinajstić information content (AvgIpc) is 3.76. The van der Waals surface area contributed by atoms with E-state index < -0.39 is 116 Å². The second kappa shape index (κ2) is 21.6. The number of ether oxygens (including phenoxy) is 11. The van der Waals surface area contributed by atoms with E-state index in [1.807, 2.05) is 6.92 Å². The highest BCUT2D eigenvalue weighted by Gasteiger charge is 2.65. The smallest absolute Gasteiger partial charge is 0.387 e. The molecule has 0 amide bonds. The van der Waals surface area contributed by atoms with Crippen molar-refractivity contribution in [3.63, 3.8) is 0 Å². The molecule has 11 aliphatic heterocycles. The van der Waals surface area contributed by atoms with Gasteiger partial charge in [0.05, 0.1) is 121 Å². The third-order valence-electron chi connectivity index (χ3n) is 19.8. The third kappa shape index (κ3) is 11.7. The van der Waals surface area contributed by atoms with Crippen LogP contribution in [0.1, 0.15) is 138 Å². The number of aliphatic hydroxyl groups is 2. The van der Waals surface area contributed by atoms with Gasteiger partial charge in [-0.05, 0) is 97.5 Å². The Morgan fingerprint density at radius 1 is 0.696 bits per heavy atom. The lowest BCUT2D eigenvalue weighted by molar-refractivity contribution is -0.369. The van der Waals surface area contributed by atoms with E-state index in [4.69, 9.17) is 60.8 Å². The van der Waals surface area contributed by atoms with Gasteiger partial charge >= 0.3 is 20.8 Å². The van der Waals surface area contributed by atoms with Crippen LogP contribution in [0.3, 0.4) is 0 Å². The van der Waals surface area contributed by atoms with Crippen molar-refractivity contribution in [2.75, 3.05) is 6.61 Å². The van der Waals surface area contributed by atoms with Crippen LogP contribution in [-0.4, -0.2) is 193 Å². The molecule has 11 aliphatic rings. The fourth-order valence-corrected chi connectivity index (χ4v) is 16.4. The quantitative estimate of drug-likeness (QED) is 0.0819. The molecule has 446 valence electrons. The third-order valence-corrected chi connectivity index (χ3v) is 20.8. The molecule has 22 unspecified atom stereocenters. The first-order valence-corrected chi connectivity index (χ1v) is 31.4. The molecule has 26 atom stereocenters. The van der Waals surface area contributed by atoms with E-state index in [1.54, 1.807) is 32.1 Å². The molecule has 0 spiro atoms. The van der Waals surface area contributed by atoms with Crippen molar-refractivity contribution < 1.29 is 96.6 Å². The highest BCUT2D eigenvalue weighted by Crippen LogP contribution is 2.54. The molecule has 0 radical (unpaired) electrons. The van der Waals surface area contributed by atoms with Crippen LogP contribution in [0.2, 0.25) is 0 Å². The first-order chi connectivity index (χ1) is 37.0. The van der Waals surface area contributed by atoms with Crippen LogP contribution in [0.15, 0.2) is 49.1 Å². The van der Waals surface area contributed by atoms with Crippen molar-refractivity contribution in [2.24, 2.45) is 5.92 Å². The van der Waals surface area contributed by atoms with Gasteiger partial charge in [-0.2, -0.15) is 16.8 Å². The maximum absolute atomic E-state index is 12.3. The second-order valence-electron chi connectivity index (χ2n) is 25.9. The van der Waals surface area contributed by atoms with E-state index in [1.165, 1.54) is 0 Å². The highest BCUT2D eigenvalue weighted by molar-refractivity contribution is 7.81. The Hall–Kier alpha value is -1.82. The van der Waals surface area contributed by atoms with E-state index in [-0.39, 0.29) is 86.7 Å². The molecular weight excluding hydrogens is 1070 g/mol. The number of aliphatic hydroxyl groups excluding tert-OH is 1. The van der Waals surface area contributed by atoms with E-state index in [0.29, 0.717) is 69.8 Å². The number of allylic oxidation sites excluding steroid dienone is 3. The monoisotopic (exact) mass is 1160 g/mol. The van der Waals surface area contributed by atoms with Gasteiger partial charge in [0.1, 0.15) is 35.6 Å². The number of hydrogen-bond donors (Lipinski definition) is 4. The van der Waals surface area contributed by atoms with Crippen LogP contribution in [0.25, 0.3) is 0 Å². The second-order valence-corrected chi connectivity index (χ2v) is 28.0. The van der Waals surface area contributed by atoms with Crippen LogP contribution in [0, 0.1) is 5.92 Å². The molecule has 0 aliphatic carbocycles. The Bertz CT molecular complexity index is 2560. The minimum absolute atomic E-state index is 0.0618. The summed E-state index contributed by atoms with van der Waals surface area (Å²) in [5.41, 5.74) is -3.54. The van der Waals surface area contributed by atoms with E-state index in [0.717, 1.165) is 18.4 Å². The highest BCUT2D eigenvalue weighted by atomic mass is 32.3. The fraction of sp³-hybridized carbons (Fsp3) is 0.857. The normalized spacial score (nSPS) is 50.5. The number of hydrogen-bond acceptors (Lipinski definition) is 19. The predicted molar refractivity (Wildman–Crippen MR) is 280 cm³/mol. The van der Waals surface area contributed by atoms with Crippen LogP contribution in [0.4, 0.5) is 0 Å². The van der Waals surface area contributed by atoms with Crippen molar-refractivity contribution in [2.45, 2.75) is 288 Å². The molecule has 0 saturated carbocycles. The Labute approximate surface area is 465 Å². The summed E-state index contributed by atoms with van der Waals surface area (Å²) >= 11 is 0. The number of rotatable bonds is 12. The largest absolute Gasteiger partial charge is 0.397 e. The van der Waals surface area contributed by atoms with E-state index in [9.17, 15) is 31.6 Å². The van der Waals surface area contributed by atoms with Gasteiger partial charge in [0, 0.05) is 44.9 Å². The molecular formula is C56H84O21S2. The van der Waals surface area contributed by atoms with Crippen LogP contribution >= 0.6 is 0 Å². The topological polar surface area (TPSA) is 269 Å². The molecule has 21 nitrogen and oxygen atoms in total. The zero-order chi connectivity index (χ0) is 56.4. The number of fused-ring (bicyclic) bond motifs is 10. The molecule has 11 fully saturated rings. The Kier molecular flexibility index (Phi) is 16.1. The van der Waals surface area contributed by atoms with Crippen molar-refractivity contribution in [1.82, 2.24) is 0 Å². The molecule has 11 rings (SSSR count). The summed E-state index contributed by atoms with van der Waals surface area (Å²) < 4.78 is 151. The first kappa shape index (κ1) is 58.9. The van der Waals surface area contributed by atoms with Gasteiger partial charge in [-0.3, -0.25) is 9.11 Å². The van der Waals surface area contributed by atoms with Gasteiger partial charge in [0.25, 0.3) is 0 Å². The van der Waals surface area contributed by atoms with Crippen molar-refractivity contribution in [1.29, 1.82) is 0 Å². The predicted octanol–water partition coefficient (Wildman–Crippen LogP) is 5.45. The molecule has 0 aromatic rings. The van der Waals surface area contributed by atoms with Crippen LogP contribution in [0.5, 0.6) is 0 Å². The summed E-state index contributed by atoms with van der Waals surface area (Å²) in [4.78, 5) is 0. The van der Waals surface area contributed by atoms with Gasteiger partial charge in [-0.25, -0.2) is 8.37 Å². The molecule has 0 aromatic carbocycles. The van der Waals surface area contributed by atoms with Crippen molar-refractivity contribution in [3.8, 4) is 0 Å². The molecule has 11 saturated heterocycles. The molecule has 0 aromatic heterocycles. The Balaban J connectivity index is 0.745. The summed E-state index contributed by atoms with van der Waals surface area (Å²) in [6.07, 6.45) is 2.61.